The quantitative estimate of drug-likeness (QED) is 0.788. The summed E-state index contributed by atoms with van der Waals surface area (Å²) >= 11 is 0. The second kappa shape index (κ2) is 6.00. The lowest BCUT2D eigenvalue weighted by Crippen LogP contribution is -2.41. The number of aliphatic hydroxyl groups is 1. The lowest BCUT2D eigenvalue weighted by atomic mass is 10.1. The van der Waals surface area contributed by atoms with E-state index >= 15 is 0 Å². The van der Waals surface area contributed by atoms with Gasteiger partial charge >= 0.3 is 0 Å². The molecule has 19 heavy (non-hydrogen) atoms. The summed E-state index contributed by atoms with van der Waals surface area (Å²) in [6.45, 7) is 2.86. The summed E-state index contributed by atoms with van der Waals surface area (Å²) in [5, 5.41) is 15.1. The van der Waals surface area contributed by atoms with Gasteiger partial charge in [-0.05, 0) is 19.8 Å². The van der Waals surface area contributed by atoms with E-state index in [-0.39, 0.29) is 17.6 Å². The molecular formula is C11H19N3O4S. The van der Waals surface area contributed by atoms with Gasteiger partial charge in [-0.25, -0.2) is 8.42 Å². The maximum Gasteiger partial charge on any atom is 0.246 e. The Bertz CT molecular complexity index is 506. The van der Waals surface area contributed by atoms with Gasteiger partial charge in [0.05, 0.1) is 31.2 Å². The predicted octanol–water partition coefficient (Wildman–Crippen LogP) is -0.120. The SMILES string of the molecule is Cc1[nH]ncc1S(=O)(=O)N1CCC(OCCO)CC1. The van der Waals surface area contributed by atoms with Crippen molar-refractivity contribution < 1.29 is 18.3 Å². The average Bonchev–Trinajstić information content (AvgIpc) is 2.84. The first kappa shape index (κ1) is 14.4. The van der Waals surface area contributed by atoms with Gasteiger partial charge in [-0.15, -0.1) is 0 Å². The minimum Gasteiger partial charge on any atom is -0.394 e. The second-order valence-corrected chi connectivity index (χ2v) is 6.46. The van der Waals surface area contributed by atoms with Crippen molar-refractivity contribution in [2.75, 3.05) is 26.3 Å². The second-order valence-electron chi connectivity index (χ2n) is 4.56. The molecule has 0 radical (unpaired) electrons. The largest absolute Gasteiger partial charge is 0.394 e. The molecule has 1 aliphatic heterocycles. The molecule has 8 heteroatoms. The van der Waals surface area contributed by atoms with Gasteiger partial charge in [0.25, 0.3) is 0 Å². The first-order valence-electron chi connectivity index (χ1n) is 6.28. The van der Waals surface area contributed by atoms with Gasteiger partial charge in [0.1, 0.15) is 4.90 Å². The fourth-order valence-electron chi connectivity index (χ4n) is 2.20. The van der Waals surface area contributed by atoms with E-state index in [0.717, 1.165) is 0 Å². The number of hydrogen-bond acceptors (Lipinski definition) is 5. The first-order valence-corrected chi connectivity index (χ1v) is 7.72. The van der Waals surface area contributed by atoms with Crippen LogP contribution in [0, 0.1) is 6.92 Å². The van der Waals surface area contributed by atoms with Crippen molar-refractivity contribution in [2.24, 2.45) is 0 Å². The summed E-state index contributed by atoms with van der Waals surface area (Å²) < 4.78 is 31.6. The Labute approximate surface area is 112 Å². The van der Waals surface area contributed by atoms with Crippen LogP contribution in [0.2, 0.25) is 0 Å². The van der Waals surface area contributed by atoms with E-state index in [9.17, 15) is 8.42 Å². The van der Waals surface area contributed by atoms with E-state index in [2.05, 4.69) is 10.2 Å². The first-order chi connectivity index (χ1) is 9.05. The summed E-state index contributed by atoms with van der Waals surface area (Å²) in [5.41, 5.74) is 0.554. The van der Waals surface area contributed by atoms with Crippen LogP contribution in [0.3, 0.4) is 0 Å². The monoisotopic (exact) mass is 289 g/mol. The molecule has 2 heterocycles. The van der Waals surface area contributed by atoms with Crippen LogP contribution in [0.4, 0.5) is 0 Å². The molecule has 0 bridgehead atoms. The molecule has 2 N–H and O–H groups in total. The minimum absolute atomic E-state index is 0.00722. The lowest BCUT2D eigenvalue weighted by Gasteiger charge is -2.30. The van der Waals surface area contributed by atoms with E-state index in [1.807, 2.05) is 0 Å². The molecule has 0 atom stereocenters. The molecule has 0 saturated carbocycles. The maximum absolute atomic E-state index is 12.4. The fourth-order valence-corrected chi connectivity index (χ4v) is 3.79. The standard InChI is InChI=1S/C11H19N3O4S/c1-9-11(8-12-13-9)19(16,17)14-4-2-10(3-5-14)18-7-6-15/h8,10,15H,2-7H2,1H3,(H,12,13). The van der Waals surface area contributed by atoms with Crippen LogP contribution < -0.4 is 0 Å². The van der Waals surface area contributed by atoms with E-state index in [1.54, 1.807) is 6.92 Å². The summed E-state index contributed by atoms with van der Waals surface area (Å²) in [7, 11) is -3.46. The van der Waals surface area contributed by atoms with Crippen molar-refractivity contribution in [3.63, 3.8) is 0 Å². The van der Waals surface area contributed by atoms with Crippen molar-refractivity contribution in [1.29, 1.82) is 0 Å². The van der Waals surface area contributed by atoms with E-state index in [0.29, 0.717) is 38.2 Å². The van der Waals surface area contributed by atoms with Gasteiger partial charge in [-0.3, -0.25) is 5.10 Å². The van der Waals surface area contributed by atoms with Crippen LogP contribution in [0.5, 0.6) is 0 Å². The highest BCUT2D eigenvalue weighted by Crippen LogP contribution is 2.23. The Hall–Kier alpha value is -0.960. The van der Waals surface area contributed by atoms with Crippen LogP contribution >= 0.6 is 0 Å². The third-order valence-electron chi connectivity index (χ3n) is 3.25. The Morgan fingerprint density at radius 3 is 2.74 bits per heavy atom. The number of ether oxygens (including phenoxy) is 1. The molecule has 2 rings (SSSR count). The molecule has 1 aromatic heterocycles. The number of nitrogens with one attached hydrogen (secondary N) is 1. The van der Waals surface area contributed by atoms with E-state index < -0.39 is 10.0 Å². The highest BCUT2D eigenvalue weighted by molar-refractivity contribution is 7.89. The number of hydrogen-bond donors (Lipinski definition) is 2. The number of aliphatic hydroxyl groups excluding tert-OH is 1. The lowest BCUT2D eigenvalue weighted by molar-refractivity contribution is 0.00318. The number of piperidine rings is 1. The van der Waals surface area contributed by atoms with Crippen molar-refractivity contribution >= 4 is 10.0 Å². The molecule has 0 aliphatic carbocycles. The molecule has 1 fully saturated rings. The number of rotatable bonds is 5. The number of H-pyrrole nitrogens is 1. The zero-order valence-corrected chi connectivity index (χ0v) is 11.7. The molecule has 108 valence electrons. The third-order valence-corrected chi connectivity index (χ3v) is 5.26. The zero-order chi connectivity index (χ0) is 13.9. The highest BCUT2D eigenvalue weighted by atomic mass is 32.2. The Kier molecular flexibility index (Phi) is 4.56. The van der Waals surface area contributed by atoms with Crippen molar-refractivity contribution in [2.45, 2.75) is 30.8 Å². The maximum atomic E-state index is 12.4. The number of aryl methyl sites for hydroxylation is 1. The topological polar surface area (TPSA) is 95.5 Å². The Balaban J connectivity index is 2.00. The highest BCUT2D eigenvalue weighted by Gasteiger charge is 2.31. The molecule has 1 aromatic rings. The predicted molar refractivity (Wildman–Crippen MR) is 68.1 cm³/mol. The van der Waals surface area contributed by atoms with Gasteiger partial charge in [0, 0.05) is 13.1 Å². The third kappa shape index (κ3) is 3.14. The molecule has 7 nitrogen and oxygen atoms in total. The van der Waals surface area contributed by atoms with Crippen LogP contribution in [0.25, 0.3) is 0 Å². The summed E-state index contributed by atoms with van der Waals surface area (Å²) in [4.78, 5) is 0.238. The minimum atomic E-state index is -3.46. The Morgan fingerprint density at radius 1 is 1.53 bits per heavy atom. The zero-order valence-electron chi connectivity index (χ0n) is 10.9. The number of aromatic amines is 1. The smallest absolute Gasteiger partial charge is 0.246 e. The Morgan fingerprint density at radius 2 is 2.21 bits per heavy atom. The van der Waals surface area contributed by atoms with Gasteiger partial charge in [-0.2, -0.15) is 9.40 Å². The van der Waals surface area contributed by atoms with Crippen LogP contribution in [-0.2, 0) is 14.8 Å². The van der Waals surface area contributed by atoms with Gasteiger partial charge in [0.2, 0.25) is 10.0 Å². The fraction of sp³-hybridized carbons (Fsp3) is 0.727. The van der Waals surface area contributed by atoms with Crippen molar-refractivity contribution in [3.8, 4) is 0 Å². The molecular weight excluding hydrogens is 270 g/mol. The molecule has 0 spiro atoms. The van der Waals surface area contributed by atoms with Crippen molar-refractivity contribution in [1.82, 2.24) is 14.5 Å². The number of sulfonamides is 1. The molecule has 1 saturated heterocycles. The molecule has 0 amide bonds. The number of nitrogens with zero attached hydrogens (tertiary/aromatic N) is 2. The van der Waals surface area contributed by atoms with Gasteiger partial charge in [0.15, 0.2) is 0 Å². The normalized spacial score (nSPS) is 18.8. The van der Waals surface area contributed by atoms with Crippen LogP contribution in [0.15, 0.2) is 11.1 Å². The van der Waals surface area contributed by atoms with Crippen molar-refractivity contribution in [3.05, 3.63) is 11.9 Å². The van der Waals surface area contributed by atoms with Gasteiger partial charge in [-0.1, -0.05) is 0 Å². The average molecular weight is 289 g/mol. The van der Waals surface area contributed by atoms with E-state index in [4.69, 9.17) is 9.84 Å². The van der Waals surface area contributed by atoms with E-state index in [1.165, 1.54) is 10.5 Å². The molecule has 0 unspecified atom stereocenters. The number of aromatic nitrogens is 2. The summed E-state index contributed by atoms with van der Waals surface area (Å²) in [6.07, 6.45) is 2.68. The van der Waals surface area contributed by atoms with Gasteiger partial charge < -0.3 is 9.84 Å². The summed E-state index contributed by atoms with van der Waals surface area (Å²) in [6, 6.07) is 0. The molecule has 1 aliphatic rings. The molecule has 0 aromatic carbocycles. The van der Waals surface area contributed by atoms with Crippen LogP contribution in [0.1, 0.15) is 18.5 Å². The van der Waals surface area contributed by atoms with Crippen LogP contribution in [-0.4, -0.2) is 60.4 Å². The summed E-state index contributed by atoms with van der Waals surface area (Å²) in [5.74, 6) is 0.